The molecule has 0 spiro atoms. The first-order valence-electron chi connectivity index (χ1n) is 12.7. The number of rotatable bonds is 6. The summed E-state index contributed by atoms with van der Waals surface area (Å²) in [6, 6.07) is 11.4. The minimum absolute atomic E-state index is 0.0620. The fraction of sp³-hybridized carbons (Fsp3) is 0.519. The summed E-state index contributed by atoms with van der Waals surface area (Å²) in [5.74, 6) is 0.377. The van der Waals surface area contributed by atoms with Gasteiger partial charge in [-0.3, -0.25) is 0 Å². The van der Waals surface area contributed by atoms with Gasteiger partial charge >= 0.3 is 5.97 Å². The number of fused-ring (bicyclic) bond motifs is 2. The summed E-state index contributed by atoms with van der Waals surface area (Å²) in [5, 5.41) is 4.58. The highest BCUT2D eigenvalue weighted by Crippen LogP contribution is 2.44. The summed E-state index contributed by atoms with van der Waals surface area (Å²) in [6.45, 7) is 5.74. The molecule has 0 bridgehead atoms. The molecular formula is C27H32N4O5. The van der Waals surface area contributed by atoms with Gasteiger partial charge in [0.15, 0.2) is 12.0 Å². The van der Waals surface area contributed by atoms with E-state index in [1.54, 1.807) is 12.1 Å². The van der Waals surface area contributed by atoms with Gasteiger partial charge in [-0.15, -0.1) is 0 Å². The Morgan fingerprint density at radius 1 is 1.11 bits per heavy atom. The highest BCUT2D eigenvalue weighted by Gasteiger charge is 2.56. The first kappa shape index (κ1) is 23.4. The van der Waals surface area contributed by atoms with E-state index in [9.17, 15) is 4.79 Å². The number of aromatic nitrogens is 3. The van der Waals surface area contributed by atoms with Crippen LogP contribution in [0.5, 0.6) is 0 Å². The van der Waals surface area contributed by atoms with E-state index in [1.165, 1.54) is 12.8 Å². The molecule has 4 heterocycles. The summed E-state index contributed by atoms with van der Waals surface area (Å²) in [7, 11) is 0. The number of hydrogen-bond donors (Lipinski definition) is 1. The zero-order valence-corrected chi connectivity index (χ0v) is 20.8. The van der Waals surface area contributed by atoms with Crippen molar-refractivity contribution in [3.8, 4) is 0 Å². The number of hydrogen-bond acceptors (Lipinski definition) is 8. The molecule has 0 radical (unpaired) electrons. The van der Waals surface area contributed by atoms with Crippen LogP contribution in [0, 0.1) is 6.92 Å². The van der Waals surface area contributed by atoms with E-state index in [0.29, 0.717) is 17.4 Å². The van der Waals surface area contributed by atoms with Gasteiger partial charge in [0.05, 0.1) is 10.9 Å². The summed E-state index contributed by atoms with van der Waals surface area (Å²) >= 11 is 0. The van der Waals surface area contributed by atoms with E-state index in [1.807, 2.05) is 55.8 Å². The van der Waals surface area contributed by atoms with Crippen LogP contribution in [-0.2, 0) is 18.9 Å². The Hall–Kier alpha value is -3.01. The number of benzene rings is 1. The fourth-order valence-corrected chi connectivity index (χ4v) is 5.55. The van der Waals surface area contributed by atoms with Crippen LogP contribution in [0.3, 0.4) is 0 Å². The van der Waals surface area contributed by atoms with Crippen molar-refractivity contribution in [3.63, 3.8) is 0 Å². The largest absolute Gasteiger partial charge is 0.459 e. The molecule has 0 amide bonds. The minimum atomic E-state index is -0.776. The van der Waals surface area contributed by atoms with Crippen molar-refractivity contribution in [2.24, 2.45) is 0 Å². The number of ether oxygens (including phenoxy) is 4. The van der Waals surface area contributed by atoms with Gasteiger partial charge in [-0.2, -0.15) is 0 Å². The molecule has 3 fully saturated rings. The van der Waals surface area contributed by atoms with Crippen LogP contribution in [-0.4, -0.2) is 57.3 Å². The second-order valence-corrected chi connectivity index (χ2v) is 10.3. The molecule has 2 aromatic heterocycles. The fourth-order valence-electron chi connectivity index (χ4n) is 5.55. The molecule has 2 aliphatic heterocycles. The molecular weight excluding hydrogens is 460 g/mol. The average molecular weight is 493 g/mol. The summed E-state index contributed by atoms with van der Waals surface area (Å²) in [5.41, 5.74) is 1.28. The quantitative estimate of drug-likeness (QED) is 0.507. The first-order valence-corrected chi connectivity index (χ1v) is 12.7. The van der Waals surface area contributed by atoms with Gasteiger partial charge in [0.25, 0.3) is 0 Å². The Balaban J connectivity index is 1.27. The van der Waals surface area contributed by atoms with Crippen molar-refractivity contribution in [2.45, 2.75) is 82.8 Å². The van der Waals surface area contributed by atoms with Gasteiger partial charge in [-0.25, -0.2) is 14.8 Å². The number of nitrogens with zero attached hydrogens (tertiary/aromatic N) is 3. The molecule has 9 heteroatoms. The van der Waals surface area contributed by atoms with Gasteiger partial charge < -0.3 is 28.8 Å². The summed E-state index contributed by atoms with van der Waals surface area (Å²) in [6.07, 6.45) is 5.04. The smallest absolute Gasteiger partial charge is 0.338 e. The van der Waals surface area contributed by atoms with E-state index < -0.39 is 24.1 Å². The SMILES string of the molecule is Cc1nc(NC2CCCC2)c2ccn([C@@H]3O[C@H](COC(=O)c4ccccc4)[C@H]4OC(C)(C)O[C@H]43)c2n1. The maximum absolute atomic E-state index is 12.5. The molecule has 0 unspecified atom stereocenters. The number of carbonyl (C=O) groups is 1. The monoisotopic (exact) mass is 492 g/mol. The van der Waals surface area contributed by atoms with Gasteiger partial charge in [0, 0.05) is 12.2 Å². The average Bonchev–Trinajstić information content (AvgIpc) is 3.63. The third-order valence-electron chi connectivity index (χ3n) is 7.17. The van der Waals surface area contributed by atoms with Gasteiger partial charge in [0.2, 0.25) is 0 Å². The maximum Gasteiger partial charge on any atom is 0.338 e. The molecule has 1 N–H and O–H groups in total. The van der Waals surface area contributed by atoms with Crippen LogP contribution in [0.1, 0.15) is 61.9 Å². The Morgan fingerprint density at radius 3 is 2.64 bits per heavy atom. The molecule has 9 nitrogen and oxygen atoms in total. The van der Waals surface area contributed by atoms with E-state index >= 15 is 0 Å². The first-order chi connectivity index (χ1) is 17.4. The van der Waals surface area contributed by atoms with Crippen molar-refractivity contribution in [1.29, 1.82) is 0 Å². The predicted molar refractivity (Wildman–Crippen MR) is 133 cm³/mol. The zero-order valence-electron chi connectivity index (χ0n) is 20.8. The lowest BCUT2D eigenvalue weighted by molar-refractivity contribution is -0.199. The lowest BCUT2D eigenvalue weighted by Gasteiger charge is -2.25. The third-order valence-corrected chi connectivity index (χ3v) is 7.17. The number of nitrogens with one attached hydrogen (secondary N) is 1. The molecule has 3 aromatic rings. The summed E-state index contributed by atoms with van der Waals surface area (Å²) in [4.78, 5) is 22.0. The van der Waals surface area contributed by atoms with Crippen LogP contribution in [0.4, 0.5) is 5.82 Å². The third kappa shape index (κ3) is 4.36. The van der Waals surface area contributed by atoms with Crippen LogP contribution < -0.4 is 5.32 Å². The molecule has 1 saturated carbocycles. The van der Waals surface area contributed by atoms with Crippen LogP contribution in [0.2, 0.25) is 0 Å². The highest BCUT2D eigenvalue weighted by molar-refractivity contribution is 5.89. The van der Waals surface area contributed by atoms with Crippen LogP contribution in [0.15, 0.2) is 42.6 Å². The molecule has 36 heavy (non-hydrogen) atoms. The Morgan fingerprint density at radius 2 is 1.86 bits per heavy atom. The predicted octanol–water partition coefficient (Wildman–Crippen LogP) is 4.37. The normalized spacial score (nSPS) is 27.4. The maximum atomic E-state index is 12.5. The lowest BCUT2D eigenvalue weighted by Crippen LogP contribution is -2.33. The van der Waals surface area contributed by atoms with E-state index in [2.05, 4.69) is 5.32 Å². The van der Waals surface area contributed by atoms with E-state index in [-0.39, 0.29) is 18.8 Å². The summed E-state index contributed by atoms with van der Waals surface area (Å²) < 4.78 is 26.5. The highest BCUT2D eigenvalue weighted by atomic mass is 16.8. The molecule has 3 aliphatic rings. The number of anilines is 1. The van der Waals surface area contributed by atoms with Crippen LogP contribution >= 0.6 is 0 Å². The van der Waals surface area contributed by atoms with E-state index in [0.717, 1.165) is 29.7 Å². The molecule has 1 aromatic carbocycles. The van der Waals surface area contributed by atoms with Crippen molar-refractivity contribution in [1.82, 2.24) is 14.5 Å². The second-order valence-electron chi connectivity index (χ2n) is 10.3. The molecule has 6 rings (SSSR count). The lowest BCUT2D eigenvalue weighted by atomic mass is 10.1. The van der Waals surface area contributed by atoms with Crippen molar-refractivity contribution in [2.75, 3.05) is 11.9 Å². The van der Waals surface area contributed by atoms with E-state index in [4.69, 9.17) is 28.9 Å². The second kappa shape index (κ2) is 9.14. The van der Waals surface area contributed by atoms with Gasteiger partial charge in [-0.1, -0.05) is 31.0 Å². The topological polar surface area (TPSA) is 96.7 Å². The molecule has 190 valence electrons. The number of carbonyl (C=O) groups excluding carboxylic acids is 1. The van der Waals surface area contributed by atoms with Gasteiger partial charge in [0.1, 0.15) is 42.2 Å². The number of aryl methyl sites for hydroxylation is 1. The Labute approximate surface area is 210 Å². The van der Waals surface area contributed by atoms with Crippen molar-refractivity contribution >= 4 is 22.8 Å². The Bertz CT molecular complexity index is 1250. The zero-order chi connectivity index (χ0) is 24.9. The standard InChI is InChI=1S/C27H32N4O5/c1-16-28-23(30-18-11-7-8-12-18)19-13-14-31(24(19)29-16)25-22-21(35-27(2,3)36-22)20(34-25)15-33-26(32)17-9-5-4-6-10-17/h4-6,9-10,13-14,18,20-22,25H,7-8,11-12,15H2,1-3H3,(H,28,29,30)/t20-,21-,22-,25-/m1/s1. The minimum Gasteiger partial charge on any atom is -0.459 e. The van der Waals surface area contributed by atoms with Crippen molar-refractivity contribution in [3.05, 3.63) is 54.0 Å². The number of esters is 1. The van der Waals surface area contributed by atoms with Crippen molar-refractivity contribution < 1.29 is 23.7 Å². The molecule has 4 atom stereocenters. The van der Waals surface area contributed by atoms with Gasteiger partial charge in [-0.05, 0) is 51.8 Å². The molecule has 2 saturated heterocycles. The molecule has 1 aliphatic carbocycles. The van der Waals surface area contributed by atoms with Crippen LogP contribution in [0.25, 0.3) is 11.0 Å². The Kier molecular flexibility index (Phi) is 5.94.